The Bertz CT molecular complexity index is 934. The van der Waals surface area contributed by atoms with Crippen LogP contribution in [0.1, 0.15) is 16.7 Å². The molecule has 3 N–H and O–H groups in total. The number of hydrogen-bond donors (Lipinski definition) is 2. The number of aryl methyl sites for hydroxylation is 1. The maximum Gasteiger partial charge on any atom is 0.248 e. The summed E-state index contributed by atoms with van der Waals surface area (Å²) in [6, 6.07) is 10.1. The van der Waals surface area contributed by atoms with E-state index >= 15 is 0 Å². The van der Waals surface area contributed by atoms with Crippen molar-refractivity contribution in [1.82, 2.24) is 0 Å². The second-order valence-electron chi connectivity index (χ2n) is 5.56. The van der Waals surface area contributed by atoms with Crippen molar-refractivity contribution in [3.63, 3.8) is 0 Å². The van der Waals surface area contributed by atoms with Crippen molar-refractivity contribution < 1.29 is 17.9 Å². The summed E-state index contributed by atoms with van der Waals surface area (Å²) in [6.45, 7) is 3.55. The standard InChI is InChI=1S/C18H20N2O4S/c1-12-9-16(25(19,22)23)11-17(13(12)2)20-18(21)8-7-14-5-4-6-15(10-14)24-3/h4-11H,1-3H3,(H,20,21)(H2,19,22,23)/b8-7+. The van der Waals surface area contributed by atoms with Crippen LogP contribution in [0.25, 0.3) is 6.08 Å². The highest BCUT2D eigenvalue weighted by Gasteiger charge is 2.13. The molecule has 2 aromatic rings. The van der Waals surface area contributed by atoms with Gasteiger partial charge >= 0.3 is 0 Å². The second-order valence-corrected chi connectivity index (χ2v) is 7.12. The number of carbonyl (C=O) groups is 1. The van der Waals surface area contributed by atoms with Crippen LogP contribution >= 0.6 is 0 Å². The first-order valence-corrected chi connectivity index (χ1v) is 9.02. The summed E-state index contributed by atoms with van der Waals surface area (Å²) in [5, 5.41) is 7.86. The molecule has 0 aliphatic heterocycles. The van der Waals surface area contributed by atoms with Crippen LogP contribution in [0.3, 0.4) is 0 Å². The quantitative estimate of drug-likeness (QED) is 0.801. The third kappa shape index (κ3) is 4.91. The van der Waals surface area contributed by atoms with E-state index in [2.05, 4.69) is 5.32 Å². The van der Waals surface area contributed by atoms with Gasteiger partial charge in [0.05, 0.1) is 12.0 Å². The van der Waals surface area contributed by atoms with Gasteiger partial charge in [-0.25, -0.2) is 13.6 Å². The lowest BCUT2D eigenvalue weighted by Gasteiger charge is -2.11. The first kappa shape index (κ1) is 18.7. The first-order valence-electron chi connectivity index (χ1n) is 7.48. The summed E-state index contributed by atoms with van der Waals surface area (Å²) in [5.41, 5.74) is 2.71. The Morgan fingerprint density at radius 1 is 1.20 bits per heavy atom. The predicted octanol–water partition coefficient (Wildman–Crippen LogP) is 2.61. The summed E-state index contributed by atoms with van der Waals surface area (Å²) in [4.78, 5) is 12.1. The first-order chi connectivity index (χ1) is 11.7. The van der Waals surface area contributed by atoms with E-state index in [9.17, 15) is 13.2 Å². The van der Waals surface area contributed by atoms with E-state index in [0.29, 0.717) is 11.4 Å². The molecule has 0 spiro atoms. The van der Waals surface area contributed by atoms with Crippen molar-refractivity contribution in [2.75, 3.05) is 12.4 Å². The van der Waals surface area contributed by atoms with Gasteiger partial charge < -0.3 is 10.1 Å². The molecule has 0 aliphatic rings. The fourth-order valence-corrected chi connectivity index (χ4v) is 2.83. The average Bonchev–Trinajstić information content (AvgIpc) is 2.56. The fraction of sp³-hybridized carbons (Fsp3) is 0.167. The zero-order chi connectivity index (χ0) is 18.6. The Labute approximate surface area is 147 Å². The topological polar surface area (TPSA) is 98.5 Å². The third-order valence-corrected chi connectivity index (χ3v) is 4.64. The number of methoxy groups -OCH3 is 1. The second kappa shape index (κ2) is 7.50. The van der Waals surface area contributed by atoms with Gasteiger partial charge in [-0.2, -0.15) is 0 Å². The van der Waals surface area contributed by atoms with Gasteiger partial charge in [-0.05, 0) is 60.9 Å². The lowest BCUT2D eigenvalue weighted by atomic mass is 10.1. The molecule has 0 saturated carbocycles. The molecule has 1 amide bonds. The van der Waals surface area contributed by atoms with Gasteiger partial charge in [-0.15, -0.1) is 0 Å². The lowest BCUT2D eigenvalue weighted by molar-refractivity contribution is -0.111. The molecule has 0 radical (unpaired) electrons. The summed E-state index contributed by atoms with van der Waals surface area (Å²) >= 11 is 0. The minimum Gasteiger partial charge on any atom is -0.497 e. The lowest BCUT2D eigenvalue weighted by Crippen LogP contribution is -2.15. The number of nitrogens with two attached hydrogens (primary N) is 1. The molecule has 0 heterocycles. The Morgan fingerprint density at radius 2 is 1.92 bits per heavy atom. The number of benzene rings is 2. The molecule has 2 rings (SSSR count). The SMILES string of the molecule is COc1cccc(/C=C/C(=O)Nc2cc(S(N)(=O)=O)cc(C)c2C)c1. The monoisotopic (exact) mass is 360 g/mol. The molecule has 0 atom stereocenters. The molecule has 132 valence electrons. The average molecular weight is 360 g/mol. The number of nitrogens with one attached hydrogen (secondary N) is 1. The van der Waals surface area contributed by atoms with Gasteiger partial charge in [0.2, 0.25) is 15.9 Å². The zero-order valence-electron chi connectivity index (χ0n) is 14.2. The number of anilines is 1. The van der Waals surface area contributed by atoms with Crippen LogP contribution in [0, 0.1) is 13.8 Å². The van der Waals surface area contributed by atoms with Crippen molar-refractivity contribution >= 4 is 27.7 Å². The number of ether oxygens (including phenoxy) is 1. The van der Waals surface area contributed by atoms with Crippen molar-refractivity contribution in [2.45, 2.75) is 18.7 Å². The molecule has 0 unspecified atom stereocenters. The summed E-state index contributed by atoms with van der Waals surface area (Å²) in [7, 11) is -2.28. The van der Waals surface area contributed by atoms with Crippen LogP contribution in [0.15, 0.2) is 47.4 Å². The van der Waals surface area contributed by atoms with Gasteiger partial charge in [0.25, 0.3) is 0 Å². The van der Waals surface area contributed by atoms with Crippen LogP contribution in [0.2, 0.25) is 0 Å². The van der Waals surface area contributed by atoms with Crippen molar-refractivity contribution in [2.24, 2.45) is 5.14 Å². The van der Waals surface area contributed by atoms with Crippen LogP contribution < -0.4 is 15.2 Å². The van der Waals surface area contributed by atoms with E-state index in [0.717, 1.165) is 16.7 Å². The number of rotatable bonds is 5. The van der Waals surface area contributed by atoms with Crippen LogP contribution in [0.4, 0.5) is 5.69 Å². The Morgan fingerprint density at radius 3 is 2.56 bits per heavy atom. The Balaban J connectivity index is 2.22. The largest absolute Gasteiger partial charge is 0.497 e. The van der Waals surface area contributed by atoms with E-state index in [1.54, 1.807) is 33.1 Å². The minimum absolute atomic E-state index is 0.0392. The molecule has 7 heteroatoms. The molecule has 0 aromatic heterocycles. The van der Waals surface area contributed by atoms with Crippen molar-refractivity contribution in [3.05, 3.63) is 59.2 Å². The highest BCUT2D eigenvalue weighted by molar-refractivity contribution is 7.89. The summed E-state index contributed by atoms with van der Waals surface area (Å²) < 4.78 is 28.2. The van der Waals surface area contributed by atoms with Crippen LogP contribution in [-0.2, 0) is 14.8 Å². The normalized spacial score (nSPS) is 11.5. The van der Waals surface area contributed by atoms with Crippen LogP contribution in [0.5, 0.6) is 5.75 Å². The molecule has 6 nitrogen and oxygen atoms in total. The van der Waals surface area contributed by atoms with Crippen molar-refractivity contribution in [3.8, 4) is 5.75 Å². The minimum atomic E-state index is -3.85. The molecule has 0 saturated heterocycles. The molecule has 0 bridgehead atoms. The van der Waals surface area contributed by atoms with Gasteiger partial charge in [-0.3, -0.25) is 4.79 Å². The molecule has 0 aliphatic carbocycles. The number of primary sulfonamides is 1. The van der Waals surface area contributed by atoms with E-state index in [-0.39, 0.29) is 10.8 Å². The van der Waals surface area contributed by atoms with Gasteiger partial charge in [0, 0.05) is 11.8 Å². The van der Waals surface area contributed by atoms with Crippen molar-refractivity contribution in [1.29, 1.82) is 0 Å². The highest BCUT2D eigenvalue weighted by Crippen LogP contribution is 2.23. The maximum absolute atomic E-state index is 12.2. The van der Waals surface area contributed by atoms with Gasteiger partial charge in [-0.1, -0.05) is 12.1 Å². The number of carbonyl (C=O) groups excluding carboxylic acids is 1. The summed E-state index contributed by atoms with van der Waals surface area (Å²) in [6.07, 6.45) is 3.01. The Kier molecular flexibility index (Phi) is 5.61. The molecular formula is C18H20N2O4S. The van der Waals surface area contributed by atoms with E-state index in [1.807, 2.05) is 18.2 Å². The molecule has 25 heavy (non-hydrogen) atoms. The maximum atomic E-state index is 12.2. The van der Waals surface area contributed by atoms with E-state index in [1.165, 1.54) is 18.2 Å². The predicted molar refractivity (Wildman–Crippen MR) is 97.9 cm³/mol. The Hall–Kier alpha value is -2.64. The highest BCUT2D eigenvalue weighted by atomic mass is 32.2. The van der Waals surface area contributed by atoms with E-state index < -0.39 is 10.0 Å². The van der Waals surface area contributed by atoms with Crippen LogP contribution in [-0.4, -0.2) is 21.4 Å². The number of hydrogen-bond acceptors (Lipinski definition) is 4. The third-order valence-electron chi connectivity index (χ3n) is 3.75. The van der Waals surface area contributed by atoms with Gasteiger partial charge in [0.1, 0.15) is 5.75 Å². The molecule has 0 fully saturated rings. The molecular weight excluding hydrogens is 340 g/mol. The van der Waals surface area contributed by atoms with Gasteiger partial charge in [0.15, 0.2) is 0 Å². The molecule has 2 aromatic carbocycles. The zero-order valence-corrected chi connectivity index (χ0v) is 15.1. The number of sulfonamides is 1. The van der Waals surface area contributed by atoms with E-state index in [4.69, 9.17) is 9.88 Å². The smallest absolute Gasteiger partial charge is 0.248 e. The number of amides is 1. The fourth-order valence-electron chi connectivity index (χ4n) is 2.21. The summed E-state index contributed by atoms with van der Waals surface area (Å²) in [5.74, 6) is 0.312.